The Morgan fingerprint density at radius 3 is 2.68 bits per heavy atom. The Bertz CT molecular complexity index is 799. The molecule has 2 rings (SSSR count). The molecule has 5 heteroatoms. The van der Waals surface area contributed by atoms with Crippen LogP contribution < -0.4 is 5.32 Å². The quantitative estimate of drug-likeness (QED) is 0.283. The number of hydrogen-bond donors (Lipinski definition) is 2. The van der Waals surface area contributed by atoms with Crippen LogP contribution in [0.1, 0.15) is 75.0 Å². The summed E-state index contributed by atoms with van der Waals surface area (Å²) in [6, 6.07) is 4.45. The van der Waals surface area contributed by atoms with Gasteiger partial charge in [0.25, 0.3) is 0 Å². The highest BCUT2D eigenvalue weighted by atomic mass is 15.1. The first-order valence-electron chi connectivity index (χ1n) is 11.6. The minimum Gasteiger partial charge on any atom is -0.381 e. The monoisotopic (exact) mass is 421 g/mol. The van der Waals surface area contributed by atoms with Crippen molar-refractivity contribution in [1.82, 2.24) is 25.4 Å². The topological polar surface area (TPSA) is 56.8 Å². The maximum absolute atomic E-state index is 4.73. The number of H-pyrrole nitrogens is 1. The molecule has 0 saturated heterocycles. The molecule has 168 valence electrons. The number of aromatic amines is 1. The van der Waals surface area contributed by atoms with E-state index >= 15 is 0 Å². The Morgan fingerprint density at radius 2 is 2.00 bits per heavy atom. The van der Waals surface area contributed by atoms with Crippen LogP contribution >= 0.6 is 0 Å². The first-order valence-corrected chi connectivity index (χ1v) is 11.6. The molecule has 2 N–H and O–H groups in total. The Balaban J connectivity index is 2.01. The van der Waals surface area contributed by atoms with Gasteiger partial charge < -0.3 is 10.2 Å². The van der Waals surface area contributed by atoms with Crippen LogP contribution in [-0.4, -0.2) is 39.7 Å². The zero-order valence-electron chi connectivity index (χ0n) is 19.5. The smallest absolute Gasteiger partial charge is 0.0707 e. The number of pyridine rings is 1. The molecule has 0 aliphatic carbocycles. The lowest BCUT2D eigenvalue weighted by atomic mass is 10.1. The van der Waals surface area contributed by atoms with Crippen LogP contribution in [-0.2, 0) is 6.42 Å². The fourth-order valence-electron chi connectivity index (χ4n) is 3.45. The molecule has 5 nitrogen and oxygen atoms in total. The van der Waals surface area contributed by atoms with Crippen molar-refractivity contribution in [3.05, 3.63) is 72.0 Å². The Labute approximate surface area is 188 Å². The van der Waals surface area contributed by atoms with Gasteiger partial charge in [-0.3, -0.25) is 10.1 Å². The van der Waals surface area contributed by atoms with Gasteiger partial charge in [-0.15, -0.1) is 0 Å². The molecule has 1 atom stereocenters. The standard InChI is InChI=1S/C26H39N5/c1-5-9-10-11-14-26(27-18-17-23-21-29-30-25(23)6-2)22-15-16-24(28-20-22)13-12-19-31(7-3)8-4/h6,11,14-18,20-21,26-27H,2,5,7-10,12-13,19H2,1,3-4H3,(H,29,30)/b14-11+,18-17+. The summed E-state index contributed by atoms with van der Waals surface area (Å²) in [7, 11) is 0. The minimum absolute atomic E-state index is 0.0874. The molecule has 0 aromatic carbocycles. The van der Waals surface area contributed by atoms with Crippen molar-refractivity contribution in [2.24, 2.45) is 0 Å². The summed E-state index contributed by atoms with van der Waals surface area (Å²) in [5.74, 6) is 0. The van der Waals surface area contributed by atoms with Gasteiger partial charge in [0, 0.05) is 17.5 Å². The predicted octanol–water partition coefficient (Wildman–Crippen LogP) is 5.77. The lowest BCUT2D eigenvalue weighted by Gasteiger charge is -2.17. The summed E-state index contributed by atoms with van der Waals surface area (Å²) >= 11 is 0. The number of allylic oxidation sites excluding steroid dienone is 1. The number of hydrogen-bond acceptors (Lipinski definition) is 4. The van der Waals surface area contributed by atoms with Crippen LogP contribution in [0.15, 0.2) is 49.5 Å². The molecular weight excluding hydrogens is 382 g/mol. The van der Waals surface area contributed by atoms with E-state index in [0.717, 1.165) is 55.8 Å². The molecule has 1 unspecified atom stereocenters. The van der Waals surface area contributed by atoms with E-state index in [0.29, 0.717) is 0 Å². The number of unbranched alkanes of at least 4 members (excludes halogenated alkanes) is 2. The van der Waals surface area contributed by atoms with Crippen LogP contribution in [0.3, 0.4) is 0 Å². The van der Waals surface area contributed by atoms with E-state index in [9.17, 15) is 0 Å². The number of nitrogens with one attached hydrogen (secondary N) is 2. The minimum atomic E-state index is 0.0874. The maximum Gasteiger partial charge on any atom is 0.0707 e. The summed E-state index contributed by atoms with van der Waals surface area (Å²) in [5.41, 5.74) is 4.26. The van der Waals surface area contributed by atoms with E-state index in [4.69, 9.17) is 4.98 Å². The molecule has 0 saturated carbocycles. The summed E-state index contributed by atoms with van der Waals surface area (Å²) in [6.45, 7) is 13.8. The molecule has 0 fully saturated rings. The van der Waals surface area contributed by atoms with Crippen molar-refractivity contribution >= 4 is 12.2 Å². The van der Waals surface area contributed by atoms with E-state index < -0.39 is 0 Å². The van der Waals surface area contributed by atoms with Gasteiger partial charge in [0.2, 0.25) is 0 Å². The van der Waals surface area contributed by atoms with Gasteiger partial charge in [0.15, 0.2) is 0 Å². The van der Waals surface area contributed by atoms with Crippen molar-refractivity contribution < 1.29 is 0 Å². The predicted molar refractivity (Wildman–Crippen MR) is 133 cm³/mol. The van der Waals surface area contributed by atoms with Gasteiger partial charge in [-0.2, -0.15) is 5.10 Å². The lowest BCUT2D eigenvalue weighted by molar-refractivity contribution is 0.299. The normalized spacial score (nSPS) is 12.8. The SMILES string of the molecule is C=Cc1[nH]ncc1/C=C/NC(/C=C/CCCC)c1ccc(CCCN(CC)CC)nc1. The maximum atomic E-state index is 4.73. The molecule has 2 aromatic rings. The van der Waals surface area contributed by atoms with E-state index in [1.165, 1.54) is 18.4 Å². The number of rotatable bonds is 15. The van der Waals surface area contributed by atoms with Gasteiger partial charge >= 0.3 is 0 Å². The fraction of sp³-hybridized carbons (Fsp3) is 0.462. The first-order chi connectivity index (χ1) is 15.2. The van der Waals surface area contributed by atoms with Crippen molar-refractivity contribution in [1.29, 1.82) is 0 Å². The van der Waals surface area contributed by atoms with E-state index in [1.807, 2.05) is 18.5 Å². The molecule has 0 radical (unpaired) electrons. The average Bonchev–Trinajstić information content (AvgIpc) is 3.26. The zero-order chi connectivity index (χ0) is 22.3. The third-order valence-electron chi connectivity index (χ3n) is 5.50. The second-order valence-corrected chi connectivity index (χ2v) is 7.70. The summed E-state index contributed by atoms with van der Waals surface area (Å²) in [4.78, 5) is 7.19. The molecule has 2 aromatic heterocycles. The van der Waals surface area contributed by atoms with Gasteiger partial charge in [-0.1, -0.05) is 58.4 Å². The van der Waals surface area contributed by atoms with E-state index in [-0.39, 0.29) is 6.04 Å². The lowest BCUT2D eigenvalue weighted by Crippen LogP contribution is -2.24. The van der Waals surface area contributed by atoms with Crippen molar-refractivity contribution in [2.45, 2.75) is 58.9 Å². The van der Waals surface area contributed by atoms with E-state index in [2.05, 4.69) is 72.0 Å². The van der Waals surface area contributed by atoms with Crippen molar-refractivity contribution in [2.75, 3.05) is 19.6 Å². The van der Waals surface area contributed by atoms with Gasteiger partial charge in [0.1, 0.15) is 0 Å². The second kappa shape index (κ2) is 14.4. The third-order valence-corrected chi connectivity index (χ3v) is 5.50. The molecule has 0 bridgehead atoms. The molecular formula is C26H39N5. The Morgan fingerprint density at radius 1 is 1.16 bits per heavy atom. The van der Waals surface area contributed by atoms with E-state index in [1.54, 1.807) is 12.3 Å². The van der Waals surface area contributed by atoms with Gasteiger partial charge in [0.05, 0.1) is 17.9 Å². The van der Waals surface area contributed by atoms with Crippen LogP contribution in [0.5, 0.6) is 0 Å². The largest absolute Gasteiger partial charge is 0.381 e. The zero-order valence-corrected chi connectivity index (χ0v) is 19.5. The van der Waals surface area contributed by atoms with Crippen LogP contribution in [0.2, 0.25) is 0 Å². The third kappa shape index (κ3) is 8.54. The summed E-state index contributed by atoms with van der Waals surface area (Å²) < 4.78 is 0. The number of aromatic nitrogens is 3. The Hall–Kier alpha value is -2.66. The molecule has 31 heavy (non-hydrogen) atoms. The summed E-state index contributed by atoms with van der Waals surface area (Å²) in [5, 5.41) is 10.5. The van der Waals surface area contributed by atoms with Gasteiger partial charge in [-0.05, 0) is 68.9 Å². The number of aryl methyl sites for hydroxylation is 1. The number of nitrogens with zero attached hydrogens (tertiary/aromatic N) is 3. The van der Waals surface area contributed by atoms with Crippen LogP contribution in [0.25, 0.3) is 12.2 Å². The molecule has 0 aliphatic rings. The van der Waals surface area contributed by atoms with Crippen LogP contribution in [0, 0.1) is 0 Å². The van der Waals surface area contributed by atoms with Crippen molar-refractivity contribution in [3.8, 4) is 0 Å². The molecule has 2 heterocycles. The van der Waals surface area contributed by atoms with Gasteiger partial charge in [-0.25, -0.2) is 0 Å². The first kappa shape index (κ1) is 24.6. The fourth-order valence-corrected chi connectivity index (χ4v) is 3.45. The summed E-state index contributed by atoms with van der Waals surface area (Å²) in [6.07, 6.45) is 19.8. The van der Waals surface area contributed by atoms with Crippen molar-refractivity contribution in [3.63, 3.8) is 0 Å². The Kier molecular flexibility index (Phi) is 11.4. The second-order valence-electron chi connectivity index (χ2n) is 7.70. The highest BCUT2D eigenvalue weighted by Crippen LogP contribution is 2.16. The highest BCUT2D eigenvalue weighted by Gasteiger charge is 2.07. The van der Waals surface area contributed by atoms with Crippen LogP contribution in [0.4, 0.5) is 0 Å². The highest BCUT2D eigenvalue weighted by molar-refractivity contribution is 5.60. The molecule has 0 amide bonds. The molecule has 0 aliphatic heterocycles. The average molecular weight is 422 g/mol. The molecule has 0 spiro atoms.